The average Bonchev–Trinajstić information content (AvgIpc) is 2.71. The van der Waals surface area contributed by atoms with Crippen LogP contribution in [-0.2, 0) is 22.7 Å². The van der Waals surface area contributed by atoms with Crippen molar-refractivity contribution in [3.05, 3.63) is 65.2 Å². The molecule has 0 aromatic heterocycles. The predicted octanol–water partition coefficient (Wildman–Crippen LogP) is 2.01. The van der Waals surface area contributed by atoms with Gasteiger partial charge in [0.25, 0.3) is 0 Å². The monoisotopic (exact) mass is 381 g/mol. The van der Waals surface area contributed by atoms with E-state index >= 15 is 0 Å². The molecule has 0 radical (unpaired) electrons. The van der Waals surface area contributed by atoms with Crippen molar-refractivity contribution >= 4 is 11.8 Å². The number of nitrogens with zero attached hydrogens (tertiary/aromatic N) is 1. The largest absolute Gasteiger partial charge is 0.497 e. The van der Waals surface area contributed by atoms with Crippen LogP contribution in [0.3, 0.4) is 0 Å². The number of hydrogen-bond acceptors (Lipinski definition) is 4. The van der Waals surface area contributed by atoms with Crippen molar-refractivity contribution in [2.75, 3.05) is 20.2 Å². The maximum atomic E-state index is 12.5. The second-order valence-electron chi connectivity index (χ2n) is 7.03. The third-order valence-electron chi connectivity index (χ3n) is 5.10. The number of carbonyl (C=O) groups excluding carboxylic acids is 2. The van der Waals surface area contributed by atoms with Gasteiger partial charge in [-0.1, -0.05) is 36.4 Å². The topological polar surface area (TPSA) is 70.7 Å². The molecular weight excluding hydrogens is 354 g/mol. The summed E-state index contributed by atoms with van der Waals surface area (Å²) >= 11 is 0. The molecule has 1 fully saturated rings. The molecule has 0 unspecified atom stereocenters. The van der Waals surface area contributed by atoms with Crippen molar-refractivity contribution in [3.8, 4) is 5.75 Å². The number of amides is 2. The summed E-state index contributed by atoms with van der Waals surface area (Å²) in [6.07, 6.45) is 0.147. The van der Waals surface area contributed by atoms with Crippen LogP contribution in [0.1, 0.15) is 23.1 Å². The number of methoxy groups -OCH3 is 1. The third-order valence-corrected chi connectivity index (χ3v) is 5.10. The van der Waals surface area contributed by atoms with Gasteiger partial charge in [-0.15, -0.1) is 0 Å². The van der Waals surface area contributed by atoms with Gasteiger partial charge in [-0.25, -0.2) is 0 Å². The molecule has 6 nitrogen and oxygen atoms in total. The summed E-state index contributed by atoms with van der Waals surface area (Å²) < 4.78 is 5.14. The van der Waals surface area contributed by atoms with Gasteiger partial charge in [-0.3, -0.25) is 14.5 Å². The fourth-order valence-corrected chi connectivity index (χ4v) is 3.37. The number of carbonyl (C=O) groups is 2. The number of piperazine rings is 1. The number of hydrogen-bond donors (Lipinski definition) is 2. The fraction of sp³-hybridized carbons (Fsp3) is 0.364. The van der Waals surface area contributed by atoms with Crippen LogP contribution in [0.5, 0.6) is 5.75 Å². The van der Waals surface area contributed by atoms with Crippen LogP contribution >= 0.6 is 0 Å². The highest BCUT2D eigenvalue weighted by molar-refractivity contribution is 5.88. The third kappa shape index (κ3) is 5.10. The Kier molecular flexibility index (Phi) is 6.66. The smallest absolute Gasteiger partial charge is 0.237 e. The van der Waals surface area contributed by atoms with Crippen LogP contribution in [0, 0.1) is 6.92 Å². The molecule has 1 atom stereocenters. The molecule has 1 saturated heterocycles. The van der Waals surface area contributed by atoms with Gasteiger partial charge in [0.1, 0.15) is 5.75 Å². The van der Waals surface area contributed by atoms with E-state index in [1.54, 1.807) is 7.11 Å². The fourth-order valence-electron chi connectivity index (χ4n) is 3.37. The first kappa shape index (κ1) is 19.9. The summed E-state index contributed by atoms with van der Waals surface area (Å²) in [7, 11) is 1.62. The summed E-state index contributed by atoms with van der Waals surface area (Å²) in [5, 5.41) is 5.79. The second-order valence-corrected chi connectivity index (χ2v) is 7.03. The van der Waals surface area contributed by atoms with Gasteiger partial charge in [0.05, 0.1) is 19.6 Å². The molecule has 148 valence electrons. The molecule has 2 N–H and O–H groups in total. The summed E-state index contributed by atoms with van der Waals surface area (Å²) in [5.74, 6) is 0.563. The predicted molar refractivity (Wildman–Crippen MR) is 108 cm³/mol. The maximum absolute atomic E-state index is 12.5. The molecule has 2 amide bonds. The number of ether oxygens (including phenoxy) is 1. The molecule has 1 aliphatic heterocycles. The van der Waals surface area contributed by atoms with Crippen molar-refractivity contribution in [2.24, 2.45) is 0 Å². The first-order valence-electron chi connectivity index (χ1n) is 9.52. The standard InChI is InChI=1S/C22H27N3O3/c1-16-5-3-4-6-18(16)15-25-12-11-23-22(27)20(25)13-21(26)24-14-17-7-9-19(28-2)10-8-17/h3-10,20H,11-15H2,1-2H3,(H,23,27)(H,24,26)/t20-/m1/s1. The SMILES string of the molecule is COc1ccc(CNC(=O)C[C@@H]2C(=O)NCCN2Cc2ccccc2C)cc1. The zero-order valence-corrected chi connectivity index (χ0v) is 16.4. The Labute approximate surface area is 165 Å². The Morgan fingerprint density at radius 2 is 1.96 bits per heavy atom. The molecule has 6 heteroatoms. The summed E-state index contributed by atoms with van der Waals surface area (Å²) in [5.41, 5.74) is 3.36. The summed E-state index contributed by atoms with van der Waals surface area (Å²) in [6, 6.07) is 15.2. The van der Waals surface area contributed by atoms with Crippen LogP contribution in [0.15, 0.2) is 48.5 Å². The zero-order valence-electron chi connectivity index (χ0n) is 16.4. The Hall–Kier alpha value is -2.86. The molecule has 28 heavy (non-hydrogen) atoms. The lowest BCUT2D eigenvalue weighted by molar-refractivity contribution is -0.134. The molecule has 0 saturated carbocycles. The number of nitrogens with one attached hydrogen (secondary N) is 2. The van der Waals surface area contributed by atoms with Crippen LogP contribution in [0.2, 0.25) is 0 Å². The lowest BCUT2D eigenvalue weighted by Gasteiger charge is -2.35. The van der Waals surface area contributed by atoms with E-state index in [9.17, 15) is 9.59 Å². The zero-order chi connectivity index (χ0) is 19.9. The lowest BCUT2D eigenvalue weighted by atomic mass is 10.0. The van der Waals surface area contributed by atoms with Crippen molar-refractivity contribution in [2.45, 2.75) is 32.5 Å². The second kappa shape index (κ2) is 9.37. The highest BCUT2D eigenvalue weighted by Crippen LogP contribution is 2.17. The molecule has 2 aromatic rings. The van der Waals surface area contributed by atoms with Gasteiger partial charge < -0.3 is 15.4 Å². The van der Waals surface area contributed by atoms with E-state index in [-0.39, 0.29) is 18.2 Å². The Morgan fingerprint density at radius 1 is 1.21 bits per heavy atom. The first-order chi connectivity index (χ1) is 13.6. The molecule has 1 aliphatic rings. The van der Waals surface area contributed by atoms with Crippen molar-refractivity contribution in [3.63, 3.8) is 0 Å². The molecule has 0 spiro atoms. The molecule has 2 aromatic carbocycles. The quantitative estimate of drug-likeness (QED) is 0.770. The van der Waals surface area contributed by atoms with Gasteiger partial charge in [0.2, 0.25) is 11.8 Å². The average molecular weight is 381 g/mol. The Balaban J connectivity index is 1.59. The Bertz CT molecular complexity index is 820. The summed E-state index contributed by atoms with van der Waals surface area (Å²) in [6.45, 7) is 4.49. The van der Waals surface area contributed by atoms with Gasteiger partial charge in [0.15, 0.2) is 0 Å². The minimum atomic E-state index is -0.454. The van der Waals surface area contributed by atoms with E-state index in [0.717, 1.165) is 17.9 Å². The van der Waals surface area contributed by atoms with E-state index in [1.165, 1.54) is 11.1 Å². The summed E-state index contributed by atoms with van der Waals surface area (Å²) in [4.78, 5) is 27.0. The lowest BCUT2D eigenvalue weighted by Crippen LogP contribution is -2.56. The van der Waals surface area contributed by atoms with Crippen LogP contribution < -0.4 is 15.4 Å². The van der Waals surface area contributed by atoms with Crippen LogP contribution in [-0.4, -0.2) is 43.0 Å². The minimum absolute atomic E-state index is 0.0839. The van der Waals surface area contributed by atoms with Crippen molar-refractivity contribution in [1.29, 1.82) is 0 Å². The molecule has 3 rings (SSSR count). The molecule has 0 bridgehead atoms. The van der Waals surface area contributed by atoms with E-state index in [2.05, 4.69) is 34.6 Å². The van der Waals surface area contributed by atoms with E-state index in [4.69, 9.17) is 4.74 Å². The van der Waals surface area contributed by atoms with E-state index in [1.807, 2.05) is 36.4 Å². The van der Waals surface area contributed by atoms with Crippen molar-refractivity contribution in [1.82, 2.24) is 15.5 Å². The molecule has 0 aliphatic carbocycles. The van der Waals surface area contributed by atoms with Gasteiger partial charge in [-0.05, 0) is 35.7 Å². The van der Waals surface area contributed by atoms with Gasteiger partial charge in [-0.2, -0.15) is 0 Å². The minimum Gasteiger partial charge on any atom is -0.497 e. The maximum Gasteiger partial charge on any atom is 0.237 e. The van der Waals surface area contributed by atoms with Gasteiger partial charge >= 0.3 is 0 Å². The Morgan fingerprint density at radius 3 is 2.68 bits per heavy atom. The molecule has 1 heterocycles. The highest BCUT2D eigenvalue weighted by atomic mass is 16.5. The first-order valence-corrected chi connectivity index (χ1v) is 9.52. The number of rotatable bonds is 7. The van der Waals surface area contributed by atoms with Crippen LogP contribution in [0.4, 0.5) is 0 Å². The number of aryl methyl sites for hydroxylation is 1. The van der Waals surface area contributed by atoms with Crippen LogP contribution in [0.25, 0.3) is 0 Å². The van der Waals surface area contributed by atoms with Crippen molar-refractivity contribution < 1.29 is 14.3 Å². The van der Waals surface area contributed by atoms with E-state index < -0.39 is 6.04 Å². The highest BCUT2D eigenvalue weighted by Gasteiger charge is 2.31. The molecular formula is C22H27N3O3. The van der Waals surface area contributed by atoms with E-state index in [0.29, 0.717) is 19.6 Å². The van der Waals surface area contributed by atoms with Gasteiger partial charge in [0, 0.05) is 26.2 Å². The number of benzene rings is 2. The normalized spacial score (nSPS) is 17.1.